The van der Waals surface area contributed by atoms with Crippen LogP contribution in [0.2, 0.25) is 5.02 Å². The molecule has 0 fully saturated rings. The lowest BCUT2D eigenvalue weighted by Gasteiger charge is -2.01. The summed E-state index contributed by atoms with van der Waals surface area (Å²) in [6.07, 6.45) is 0. The van der Waals surface area contributed by atoms with Crippen molar-refractivity contribution < 1.29 is 0 Å². The smallest absolute Gasteiger partial charge is 0.126 e. The molecule has 1 rings (SSSR count). The lowest BCUT2D eigenvalue weighted by molar-refractivity contribution is 1.17. The van der Waals surface area contributed by atoms with Crippen molar-refractivity contribution in [2.75, 3.05) is 0 Å². The summed E-state index contributed by atoms with van der Waals surface area (Å²) < 4.78 is 1.47. The summed E-state index contributed by atoms with van der Waals surface area (Å²) in [5.41, 5.74) is 1.04. The predicted molar refractivity (Wildman–Crippen MR) is 57.3 cm³/mol. The van der Waals surface area contributed by atoms with Gasteiger partial charge in [-0.3, -0.25) is 0 Å². The van der Waals surface area contributed by atoms with Gasteiger partial charge in [-0.1, -0.05) is 27.5 Å². The summed E-state index contributed by atoms with van der Waals surface area (Å²) in [4.78, 5) is 4.12. The van der Waals surface area contributed by atoms with Crippen molar-refractivity contribution in [3.63, 3.8) is 0 Å². The third-order valence-corrected chi connectivity index (χ3v) is 3.51. The Hall–Kier alpha value is 0.880. The molecule has 60 valence electrons. The molecule has 0 saturated heterocycles. The van der Waals surface area contributed by atoms with E-state index < -0.39 is 0 Å². The fourth-order valence-corrected chi connectivity index (χ4v) is 2.52. The molecular formula is C6H3Br3ClN. The molecule has 0 saturated carbocycles. The van der Waals surface area contributed by atoms with E-state index in [-0.39, 0.29) is 0 Å². The Labute approximate surface area is 94.9 Å². The lowest BCUT2D eigenvalue weighted by Crippen LogP contribution is -1.86. The fraction of sp³-hybridized carbons (Fsp3) is 0.167. The van der Waals surface area contributed by atoms with Crippen LogP contribution in [0.4, 0.5) is 0 Å². The van der Waals surface area contributed by atoms with E-state index in [0.29, 0.717) is 9.63 Å². The zero-order valence-corrected chi connectivity index (χ0v) is 10.8. The lowest BCUT2D eigenvalue weighted by atomic mass is 10.3. The topological polar surface area (TPSA) is 12.9 Å². The molecule has 0 bridgehead atoms. The third kappa shape index (κ3) is 2.41. The Morgan fingerprint density at radius 2 is 2.00 bits per heavy atom. The van der Waals surface area contributed by atoms with Crippen molar-refractivity contribution in [2.45, 2.75) is 5.33 Å². The minimum absolute atomic E-state index is 0.627. The molecule has 11 heavy (non-hydrogen) atoms. The molecule has 0 amide bonds. The van der Waals surface area contributed by atoms with Crippen molar-refractivity contribution in [1.29, 1.82) is 0 Å². The third-order valence-electron chi connectivity index (χ3n) is 1.10. The van der Waals surface area contributed by atoms with Gasteiger partial charge in [0, 0.05) is 5.33 Å². The molecule has 1 heterocycles. The quantitative estimate of drug-likeness (QED) is 0.539. The number of halogens is 4. The number of aromatic nitrogens is 1. The molecular weight excluding hydrogens is 361 g/mol. The molecule has 0 aliphatic heterocycles. The van der Waals surface area contributed by atoms with E-state index in [4.69, 9.17) is 11.6 Å². The molecule has 5 heteroatoms. The van der Waals surface area contributed by atoms with Crippen LogP contribution in [0, 0.1) is 0 Å². The van der Waals surface area contributed by atoms with Crippen molar-refractivity contribution in [3.8, 4) is 0 Å². The number of hydrogen-bond acceptors (Lipinski definition) is 1. The monoisotopic (exact) mass is 361 g/mol. The van der Waals surface area contributed by atoms with Crippen molar-refractivity contribution in [2.24, 2.45) is 0 Å². The highest BCUT2D eigenvalue weighted by atomic mass is 79.9. The van der Waals surface area contributed by atoms with Gasteiger partial charge in [0.15, 0.2) is 0 Å². The highest BCUT2D eigenvalue weighted by Crippen LogP contribution is 2.27. The van der Waals surface area contributed by atoms with Crippen LogP contribution in [0.1, 0.15) is 5.56 Å². The Kier molecular flexibility index (Phi) is 3.81. The van der Waals surface area contributed by atoms with Crippen molar-refractivity contribution in [1.82, 2.24) is 4.98 Å². The summed E-state index contributed by atoms with van der Waals surface area (Å²) in [5.74, 6) is 0. The van der Waals surface area contributed by atoms with Gasteiger partial charge >= 0.3 is 0 Å². The van der Waals surface area contributed by atoms with Gasteiger partial charge in [-0.25, -0.2) is 4.98 Å². The summed E-state index contributed by atoms with van der Waals surface area (Å²) in [5, 5.41) is 1.37. The molecule has 0 aliphatic carbocycles. The first-order valence-electron chi connectivity index (χ1n) is 2.71. The zero-order valence-electron chi connectivity index (χ0n) is 5.24. The second kappa shape index (κ2) is 4.21. The molecule has 0 aliphatic rings. The van der Waals surface area contributed by atoms with Crippen LogP contribution in [0.15, 0.2) is 15.3 Å². The van der Waals surface area contributed by atoms with Crippen LogP contribution in [-0.2, 0) is 5.33 Å². The molecule has 0 aromatic carbocycles. The summed E-state index contributed by atoms with van der Waals surface area (Å²) in [6.45, 7) is 0. The van der Waals surface area contributed by atoms with Gasteiger partial charge < -0.3 is 0 Å². The number of alkyl halides is 1. The van der Waals surface area contributed by atoms with Crippen LogP contribution in [0.5, 0.6) is 0 Å². The van der Waals surface area contributed by atoms with E-state index in [0.717, 1.165) is 15.5 Å². The minimum atomic E-state index is 0.627. The molecule has 1 aromatic heterocycles. The Morgan fingerprint density at radius 3 is 2.55 bits per heavy atom. The van der Waals surface area contributed by atoms with Gasteiger partial charge in [-0.15, -0.1) is 0 Å². The van der Waals surface area contributed by atoms with E-state index in [9.17, 15) is 0 Å². The molecule has 0 spiro atoms. The Morgan fingerprint density at radius 1 is 1.36 bits per heavy atom. The van der Waals surface area contributed by atoms with Gasteiger partial charge in [0.25, 0.3) is 0 Å². The summed E-state index contributed by atoms with van der Waals surface area (Å²) in [6, 6.07) is 1.86. The predicted octanol–water partition coefficient (Wildman–Crippen LogP) is 4.15. The number of nitrogens with zero attached hydrogens (tertiary/aromatic N) is 1. The summed E-state index contributed by atoms with van der Waals surface area (Å²) >= 11 is 15.7. The highest BCUT2D eigenvalue weighted by Gasteiger charge is 2.04. The second-order valence-electron chi connectivity index (χ2n) is 1.84. The number of hydrogen-bond donors (Lipinski definition) is 0. The standard InChI is InChI=1S/C6H3Br3ClN/c7-2-3-1-4(10)6(9)11-5(3)8/h1H,2H2. The van der Waals surface area contributed by atoms with E-state index >= 15 is 0 Å². The maximum atomic E-state index is 5.81. The first-order valence-corrected chi connectivity index (χ1v) is 5.80. The zero-order chi connectivity index (χ0) is 8.43. The normalized spacial score (nSPS) is 10.2. The van der Waals surface area contributed by atoms with Gasteiger partial charge in [0.2, 0.25) is 0 Å². The molecule has 1 aromatic rings. The minimum Gasteiger partial charge on any atom is -0.232 e. The van der Waals surface area contributed by atoms with Crippen LogP contribution in [-0.4, -0.2) is 4.98 Å². The van der Waals surface area contributed by atoms with E-state index in [1.54, 1.807) is 0 Å². The second-order valence-corrected chi connectivity index (χ2v) is 4.31. The summed E-state index contributed by atoms with van der Waals surface area (Å²) in [7, 11) is 0. The largest absolute Gasteiger partial charge is 0.232 e. The van der Waals surface area contributed by atoms with Gasteiger partial charge in [0.05, 0.1) is 5.02 Å². The first-order chi connectivity index (χ1) is 5.15. The maximum absolute atomic E-state index is 5.81. The number of pyridine rings is 1. The van der Waals surface area contributed by atoms with Crippen molar-refractivity contribution >= 4 is 59.4 Å². The van der Waals surface area contributed by atoms with Crippen molar-refractivity contribution in [3.05, 3.63) is 25.9 Å². The fourth-order valence-electron chi connectivity index (χ4n) is 0.577. The molecule has 0 N–H and O–H groups in total. The van der Waals surface area contributed by atoms with E-state index in [2.05, 4.69) is 52.8 Å². The average Bonchev–Trinajstić information content (AvgIpc) is 1.97. The van der Waals surface area contributed by atoms with E-state index in [1.165, 1.54) is 0 Å². The SMILES string of the molecule is Clc1cc(CBr)c(Br)nc1Br. The maximum Gasteiger partial charge on any atom is 0.126 e. The van der Waals surface area contributed by atoms with Crippen LogP contribution < -0.4 is 0 Å². The molecule has 0 radical (unpaired) electrons. The van der Waals surface area contributed by atoms with Gasteiger partial charge in [-0.05, 0) is 43.5 Å². The first kappa shape index (κ1) is 9.96. The van der Waals surface area contributed by atoms with E-state index in [1.807, 2.05) is 6.07 Å². The average molecular weight is 364 g/mol. The van der Waals surface area contributed by atoms with Crippen LogP contribution in [0.25, 0.3) is 0 Å². The molecule has 0 atom stereocenters. The van der Waals surface area contributed by atoms with Gasteiger partial charge in [0.1, 0.15) is 9.21 Å². The van der Waals surface area contributed by atoms with Crippen LogP contribution >= 0.6 is 59.4 Å². The van der Waals surface area contributed by atoms with Gasteiger partial charge in [-0.2, -0.15) is 0 Å². The highest BCUT2D eigenvalue weighted by molar-refractivity contribution is 9.11. The molecule has 0 unspecified atom stereocenters. The Bertz CT molecular complexity index is 277. The Balaban J connectivity index is 3.21. The molecule has 1 nitrogen and oxygen atoms in total. The van der Waals surface area contributed by atoms with Crippen LogP contribution in [0.3, 0.4) is 0 Å². The number of rotatable bonds is 1.